The van der Waals surface area contributed by atoms with Crippen LogP contribution in [0.1, 0.15) is 12.2 Å². The van der Waals surface area contributed by atoms with E-state index in [1.807, 2.05) is 30.3 Å². The minimum atomic E-state index is -3.42. The van der Waals surface area contributed by atoms with E-state index >= 15 is 0 Å². The van der Waals surface area contributed by atoms with Crippen LogP contribution >= 0.6 is 0 Å². The molecular formula is C16H20N2O4S. The molecule has 7 heteroatoms. The highest BCUT2D eigenvalue weighted by Crippen LogP contribution is 2.14. The van der Waals surface area contributed by atoms with Gasteiger partial charge in [-0.1, -0.05) is 18.2 Å². The number of hydrogen-bond acceptors (Lipinski definition) is 4. The van der Waals surface area contributed by atoms with Crippen molar-refractivity contribution in [2.75, 3.05) is 24.7 Å². The number of hydrogen-bond donors (Lipinski definition) is 0. The molecule has 0 fully saturated rings. The summed E-state index contributed by atoms with van der Waals surface area (Å²) in [6, 6.07) is 12.6. The molecule has 0 saturated heterocycles. The highest BCUT2D eigenvalue weighted by molar-refractivity contribution is 7.88. The molecule has 0 spiro atoms. The lowest BCUT2D eigenvalue weighted by molar-refractivity contribution is -0.118. The van der Waals surface area contributed by atoms with Crippen LogP contribution in [0.2, 0.25) is 0 Å². The molecule has 1 aromatic heterocycles. The van der Waals surface area contributed by atoms with E-state index in [2.05, 4.69) is 0 Å². The van der Waals surface area contributed by atoms with Crippen molar-refractivity contribution in [1.82, 2.24) is 4.31 Å². The van der Waals surface area contributed by atoms with Crippen molar-refractivity contribution in [3.8, 4) is 0 Å². The molecule has 1 heterocycles. The quantitative estimate of drug-likeness (QED) is 0.776. The molecule has 2 aromatic rings. The molecule has 0 aliphatic rings. The van der Waals surface area contributed by atoms with Crippen molar-refractivity contribution >= 4 is 21.6 Å². The Balaban J connectivity index is 1.99. The summed E-state index contributed by atoms with van der Waals surface area (Å²) in [5.41, 5.74) is 0.773. The second kappa shape index (κ2) is 7.43. The number of benzene rings is 1. The van der Waals surface area contributed by atoms with Crippen molar-refractivity contribution in [3.05, 3.63) is 54.5 Å². The second-order valence-electron chi connectivity index (χ2n) is 5.21. The zero-order valence-corrected chi connectivity index (χ0v) is 14.0. The summed E-state index contributed by atoms with van der Waals surface area (Å²) >= 11 is 0. The lowest BCUT2D eigenvalue weighted by atomic mass is 10.2. The monoisotopic (exact) mass is 336 g/mol. The third-order valence-electron chi connectivity index (χ3n) is 3.47. The molecule has 2 rings (SSSR count). The van der Waals surface area contributed by atoms with Crippen molar-refractivity contribution in [3.63, 3.8) is 0 Å². The Labute approximate surface area is 136 Å². The lowest BCUT2D eigenvalue weighted by Crippen LogP contribution is -2.35. The van der Waals surface area contributed by atoms with Crippen LogP contribution in [0.25, 0.3) is 0 Å². The van der Waals surface area contributed by atoms with E-state index in [0.29, 0.717) is 5.76 Å². The molecule has 0 atom stereocenters. The van der Waals surface area contributed by atoms with Gasteiger partial charge in [-0.15, -0.1) is 0 Å². The topological polar surface area (TPSA) is 70.8 Å². The first-order chi connectivity index (χ1) is 10.9. The van der Waals surface area contributed by atoms with E-state index in [1.54, 1.807) is 19.2 Å². The number of carbonyl (C=O) groups excluding carboxylic acids is 1. The van der Waals surface area contributed by atoms with Crippen LogP contribution in [-0.4, -0.2) is 38.5 Å². The van der Waals surface area contributed by atoms with E-state index in [9.17, 15) is 13.2 Å². The fourth-order valence-electron chi connectivity index (χ4n) is 2.12. The zero-order chi connectivity index (χ0) is 16.9. The number of rotatable bonds is 7. The Bertz CT molecular complexity index is 727. The minimum absolute atomic E-state index is 0.0964. The van der Waals surface area contributed by atoms with Crippen LogP contribution in [0, 0.1) is 0 Å². The summed E-state index contributed by atoms with van der Waals surface area (Å²) in [7, 11) is -1.75. The number of sulfonamides is 1. The third-order valence-corrected chi connectivity index (χ3v) is 4.72. The fraction of sp³-hybridized carbons (Fsp3) is 0.312. The Morgan fingerprint density at radius 1 is 1.13 bits per heavy atom. The number of anilines is 1. The smallest absolute Gasteiger partial charge is 0.228 e. The minimum Gasteiger partial charge on any atom is -0.468 e. The maximum atomic E-state index is 12.3. The van der Waals surface area contributed by atoms with E-state index in [1.165, 1.54) is 15.5 Å². The second-order valence-corrected chi connectivity index (χ2v) is 7.20. The first-order valence-corrected chi connectivity index (χ1v) is 9.02. The Kier molecular flexibility index (Phi) is 5.57. The van der Waals surface area contributed by atoms with Gasteiger partial charge < -0.3 is 9.32 Å². The van der Waals surface area contributed by atoms with Crippen molar-refractivity contribution in [2.24, 2.45) is 0 Å². The lowest BCUT2D eigenvalue weighted by Gasteiger charge is -2.21. The number of amides is 1. The standard InChI is InChI=1S/C16H20N2O4S/c1-17(14-7-4-3-5-8-14)16(19)10-11-18(23(2,20)21)13-15-9-6-12-22-15/h3-9,12H,10-11,13H2,1-2H3. The third kappa shape index (κ3) is 4.94. The van der Waals surface area contributed by atoms with Gasteiger partial charge in [0.1, 0.15) is 5.76 Å². The number of furan rings is 1. The van der Waals surface area contributed by atoms with Gasteiger partial charge in [-0.05, 0) is 24.3 Å². The van der Waals surface area contributed by atoms with Crippen LogP contribution in [0.4, 0.5) is 5.69 Å². The maximum Gasteiger partial charge on any atom is 0.228 e. The molecule has 0 unspecified atom stereocenters. The summed E-state index contributed by atoms with van der Waals surface area (Å²) in [6.45, 7) is 0.226. The van der Waals surface area contributed by atoms with Gasteiger partial charge in [0.2, 0.25) is 15.9 Å². The molecule has 0 N–H and O–H groups in total. The Hall–Kier alpha value is -2.12. The Morgan fingerprint density at radius 2 is 1.83 bits per heavy atom. The van der Waals surface area contributed by atoms with E-state index in [0.717, 1.165) is 11.9 Å². The highest BCUT2D eigenvalue weighted by atomic mass is 32.2. The normalized spacial score (nSPS) is 11.6. The molecule has 23 heavy (non-hydrogen) atoms. The van der Waals surface area contributed by atoms with Gasteiger partial charge in [-0.25, -0.2) is 8.42 Å². The fourth-order valence-corrected chi connectivity index (χ4v) is 2.91. The summed E-state index contributed by atoms with van der Waals surface area (Å²) in [5.74, 6) is 0.392. The zero-order valence-electron chi connectivity index (χ0n) is 13.2. The molecular weight excluding hydrogens is 316 g/mol. The van der Waals surface area contributed by atoms with Gasteiger partial charge in [-0.3, -0.25) is 4.79 Å². The molecule has 6 nitrogen and oxygen atoms in total. The number of para-hydroxylation sites is 1. The van der Waals surface area contributed by atoms with Crippen LogP contribution < -0.4 is 4.90 Å². The first kappa shape index (κ1) is 17.2. The number of carbonyl (C=O) groups is 1. The number of nitrogens with zero attached hydrogens (tertiary/aromatic N) is 2. The summed E-state index contributed by atoms with van der Waals surface area (Å²) in [6.07, 6.45) is 2.71. The molecule has 1 aromatic carbocycles. The van der Waals surface area contributed by atoms with Gasteiger partial charge in [0.15, 0.2) is 0 Å². The average Bonchev–Trinajstić information content (AvgIpc) is 3.03. The predicted molar refractivity (Wildman–Crippen MR) is 88.4 cm³/mol. The molecule has 0 bridgehead atoms. The first-order valence-electron chi connectivity index (χ1n) is 7.17. The van der Waals surface area contributed by atoms with E-state index in [4.69, 9.17) is 4.42 Å². The molecule has 124 valence electrons. The maximum absolute atomic E-state index is 12.3. The van der Waals surface area contributed by atoms with Crippen LogP contribution in [0.15, 0.2) is 53.1 Å². The molecule has 0 aliphatic heterocycles. The average molecular weight is 336 g/mol. The van der Waals surface area contributed by atoms with Crippen molar-refractivity contribution in [1.29, 1.82) is 0 Å². The summed E-state index contributed by atoms with van der Waals surface area (Å²) < 4.78 is 30.2. The highest BCUT2D eigenvalue weighted by Gasteiger charge is 2.20. The van der Waals surface area contributed by atoms with Crippen LogP contribution in [0.3, 0.4) is 0 Å². The van der Waals surface area contributed by atoms with Gasteiger partial charge in [-0.2, -0.15) is 4.31 Å². The van der Waals surface area contributed by atoms with Crippen molar-refractivity contribution in [2.45, 2.75) is 13.0 Å². The van der Waals surface area contributed by atoms with Crippen LogP contribution in [0.5, 0.6) is 0 Å². The summed E-state index contributed by atoms with van der Waals surface area (Å²) in [5, 5.41) is 0. The molecule has 0 saturated carbocycles. The predicted octanol–water partition coefficient (Wildman–Crippen LogP) is 2.09. The molecule has 0 radical (unpaired) electrons. The van der Waals surface area contributed by atoms with Crippen molar-refractivity contribution < 1.29 is 17.6 Å². The largest absolute Gasteiger partial charge is 0.468 e. The van der Waals surface area contributed by atoms with Gasteiger partial charge in [0.05, 0.1) is 19.1 Å². The Morgan fingerprint density at radius 3 is 2.39 bits per heavy atom. The van der Waals surface area contributed by atoms with Gasteiger partial charge in [0.25, 0.3) is 0 Å². The molecule has 0 aliphatic carbocycles. The van der Waals surface area contributed by atoms with Gasteiger partial charge >= 0.3 is 0 Å². The van der Waals surface area contributed by atoms with E-state index < -0.39 is 10.0 Å². The summed E-state index contributed by atoms with van der Waals surface area (Å²) in [4.78, 5) is 13.8. The van der Waals surface area contributed by atoms with E-state index in [-0.39, 0.29) is 25.4 Å². The van der Waals surface area contributed by atoms with Crippen LogP contribution in [-0.2, 0) is 21.4 Å². The molecule has 1 amide bonds. The SMILES string of the molecule is CN(C(=O)CCN(Cc1ccco1)S(C)(=O)=O)c1ccccc1. The van der Waals surface area contributed by atoms with Gasteiger partial charge in [0, 0.05) is 25.7 Å².